The van der Waals surface area contributed by atoms with E-state index in [0.29, 0.717) is 23.4 Å². The van der Waals surface area contributed by atoms with Crippen LogP contribution in [0.4, 0.5) is 4.79 Å². The van der Waals surface area contributed by atoms with Crippen LogP contribution in [0.1, 0.15) is 50.5 Å². The van der Waals surface area contributed by atoms with E-state index in [9.17, 15) is 4.79 Å². The van der Waals surface area contributed by atoms with Crippen molar-refractivity contribution < 1.29 is 9.21 Å². The number of urea groups is 1. The van der Waals surface area contributed by atoms with Gasteiger partial charge >= 0.3 is 6.03 Å². The minimum Gasteiger partial charge on any atom is -0.409 e. The van der Waals surface area contributed by atoms with Crippen molar-refractivity contribution in [3.8, 4) is 11.5 Å². The van der Waals surface area contributed by atoms with Crippen LogP contribution in [0.25, 0.3) is 11.5 Å². The third-order valence-electron chi connectivity index (χ3n) is 6.18. The van der Waals surface area contributed by atoms with Crippen LogP contribution in [0.15, 0.2) is 28.7 Å². The number of likely N-dealkylation sites (tertiary alicyclic amines) is 1. The molecule has 1 aliphatic carbocycles. The molecule has 7 nitrogen and oxygen atoms in total. The summed E-state index contributed by atoms with van der Waals surface area (Å²) in [6, 6.07) is 8.56. The van der Waals surface area contributed by atoms with E-state index in [2.05, 4.69) is 20.6 Å². The van der Waals surface area contributed by atoms with Crippen molar-refractivity contribution in [3.05, 3.63) is 34.7 Å². The van der Waals surface area contributed by atoms with Gasteiger partial charge in [0.2, 0.25) is 5.89 Å². The maximum atomic E-state index is 12.3. The SMILES string of the molecule is Cc1ccccc1-c1nn(CN2CCC(NC(=O)NC3CCCCC3)CC2)c(=S)o1. The maximum absolute atomic E-state index is 12.3. The Bertz CT molecular complexity index is 910. The topological polar surface area (TPSA) is 75.3 Å². The number of amides is 2. The molecule has 30 heavy (non-hydrogen) atoms. The van der Waals surface area contributed by atoms with Gasteiger partial charge in [-0.2, -0.15) is 0 Å². The van der Waals surface area contributed by atoms with Crippen molar-refractivity contribution in [2.75, 3.05) is 13.1 Å². The van der Waals surface area contributed by atoms with Gasteiger partial charge in [-0.1, -0.05) is 37.5 Å². The zero-order valence-corrected chi connectivity index (χ0v) is 18.4. The molecule has 0 atom stereocenters. The fourth-order valence-corrected chi connectivity index (χ4v) is 4.56. The highest BCUT2D eigenvalue weighted by Crippen LogP contribution is 2.22. The predicted molar refractivity (Wildman–Crippen MR) is 119 cm³/mol. The summed E-state index contributed by atoms with van der Waals surface area (Å²) in [6.07, 6.45) is 7.80. The van der Waals surface area contributed by atoms with Crippen LogP contribution in [-0.2, 0) is 6.67 Å². The minimum absolute atomic E-state index is 0.0121. The minimum atomic E-state index is -0.0121. The van der Waals surface area contributed by atoms with Crippen molar-refractivity contribution >= 4 is 18.2 Å². The van der Waals surface area contributed by atoms with Crippen LogP contribution in [-0.4, -0.2) is 45.9 Å². The van der Waals surface area contributed by atoms with E-state index in [1.54, 1.807) is 4.68 Å². The van der Waals surface area contributed by atoms with Gasteiger partial charge in [0, 0.05) is 30.7 Å². The smallest absolute Gasteiger partial charge is 0.315 e. The van der Waals surface area contributed by atoms with Crippen molar-refractivity contribution in [2.45, 2.75) is 70.6 Å². The number of nitrogens with zero attached hydrogens (tertiary/aromatic N) is 3. The van der Waals surface area contributed by atoms with Gasteiger partial charge < -0.3 is 15.1 Å². The van der Waals surface area contributed by atoms with E-state index >= 15 is 0 Å². The van der Waals surface area contributed by atoms with Crippen molar-refractivity contribution in [3.63, 3.8) is 0 Å². The molecule has 0 radical (unpaired) electrons. The lowest BCUT2D eigenvalue weighted by Crippen LogP contribution is -2.50. The Labute approximate surface area is 182 Å². The first-order valence-electron chi connectivity index (χ1n) is 11.0. The predicted octanol–water partition coefficient (Wildman–Crippen LogP) is 4.23. The van der Waals surface area contributed by atoms with Gasteiger partial charge in [0.1, 0.15) is 0 Å². The average Bonchev–Trinajstić information content (AvgIpc) is 3.10. The summed E-state index contributed by atoms with van der Waals surface area (Å²) in [5.41, 5.74) is 2.08. The highest BCUT2D eigenvalue weighted by molar-refractivity contribution is 7.71. The molecule has 0 unspecified atom stereocenters. The summed E-state index contributed by atoms with van der Waals surface area (Å²) in [5.74, 6) is 0.564. The second kappa shape index (κ2) is 9.75. The van der Waals surface area contributed by atoms with Crippen LogP contribution in [0.3, 0.4) is 0 Å². The molecule has 1 aromatic carbocycles. The Morgan fingerprint density at radius 2 is 1.77 bits per heavy atom. The fraction of sp³-hybridized carbons (Fsp3) is 0.591. The Kier molecular flexibility index (Phi) is 6.84. The summed E-state index contributed by atoms with van der Waals surface area (Å²) in [7, 11) is 0. The molecule has 1 aliphatic heterocycles. The number of hydrogen-bond acceptors (Lipinski definition) is 5. The van der Waals surface area contributed by atoms with Crippen molar-refractivity contribution in [2.24, 2.45) is 0 Å². The molecule has 2 fully saturated rings. The Morgan fingerprint density at radius 3 is 2.47 bits per heavy atom. The quantitative estimate of drug-likeness (QED) is 0.696. The van der Waals surface area contributed by atoms with Crippen molar-refractivity contribution in [1.82, 2.24) is 25.3 Å². The number of nitrogens with one attached hydrogen (secondary N) is 2. The molecule has 1 saturated carbocycles. The second-order valence-electron chi connectivity index (χ2n) is 8.47. The molecule has 8 heteroatoms. The summed E-state index contributed by atoms with van der Waals surface area (Å²) in [6.45, 7) is 4.43. The maximum Gasteiger partial charge on any atom is 0.315 e. The number of hydrogen-bond donors (Lipinski definition) is 2. The number of aromatic nitrogens is 2. The normalized spacial score (nSPS) is 19.0. The summed E-state index contributed by atoms with van der Waals surface area (Å²) >= 11 is 5.38. The Balaban J connectivity index is 1.26. The molecule has 0 bridgehead atoms. The summed E-state index contributed by atoms with van der Waals surface area (Å²) in [4.78, 5) is 15.0. The van der Waals surface area contributed by atoms with E-state index in [-0.39, 0.29) is 12.1 Å². The lowest BCUT2D eigenvalue weighted by molar-refractivity contribution is 0.149. The molecular formula is C22H31N5O2S. The number of aryl methyl sites for hydroxylation is 1. The lowest BCUT2D eigenvalue weighted by Gasteiger charge is -2.32. The molecule has 4 rings (SSSR count). The third kappa shape index (κ3) is 5.29. The Hall–Kier alpha value is -2.19. The van der Waals surface area contributed by atoms with Gasteiger partial charge in [-0.15, -0.1) is 5.10 Å². The molecule has 2 heterocycles. The molecule has 2 aromatic rings. The van der Waals surface area contributed by atoms with E-state index in [1.165, 1.54) is 19.3 Å². The number of piperidine rings is 1. The van der Waals surface area contributed by atoms with Crippen LogP contribution >= 0.6 is 12.2 Å². The Morgan fingerprint density at radius 1 is 1.10 bits per heavy atom. The van der Waals surface area contributed by atoms with Crippen molar-refractivity contribution in [1.29, 1.82) is 0 Å². The molecule has 2 N–H and O–H groups in total. The summed E-state index contributed by atoms with van der Waals surface area (Å²) < 4.78 is 7.49. The number of carbonyl (C=O) groups is 1. The lowest BCUT2D eigenvalue weighted by atomic mass is 9.96. The van der Waals surface area contributed by atoms with E-state index in [4.69, 9.17) is 16.6 Å². The first kappa shape index (κ1) is 21.1. The first-order chi connectivity index (χ1) is 14.6. The molecule has 0 spiro atoms. The van der Waals surface area contributed by atoms with Gasteiger partial charge in [0.25, 0.3) is 4.84 Å². The van der Waals surface area contributed by atoms with E-state index in [1.807, 2.05) is 31.2 Å². The monoisotopic (exact) mass is 429 g/mol. The highest BCUT2D eigenvalue weighted by Gasteiger charge is 2.23. The first-order valence-corrected chi connectivity index (χ1v) is 11.4. The molecule has 1 saturated heterocycles. The summed E-state index contributed by atoms with van der Waals surface area (Å²) in [5, 5.41) is 10.9. The third-order valence-corrected chi connectivity index (χ3v) is 6.47. The second-order valence-corrected chi connectivity index (χ2v) is 8.82. The van der Waals surface area contributed by atoms with Crippen LogP contribution in [0, 0.1) is 11.8 Å². The largest absolute Gasteiger partial charge is 0.409 e. The van der Waals surface area contributed by atoms with Gasteiger partial charge in [0.15, 0.2) is 0 Å². The molecule has 1 aromatic heterocycles. The molecule has 162 valence electrons. The van der Waals surface area contributed by atoms with Crippen LogP contribution in [0.2, 0.25) is 0 Å². The van der Waals surface area contributed by atoms with E-state index in [0.717, 1.165) is 49.9 Å². The number of rotatable bonds is 5. The van der Waals surface area contributed by atoms with Gasteiger partial charge in [0.05, 0.1) is 6.67 Å². The van der Waals surface area contributed by atoms with Crippen LogP contribution in [0.5, 0.6) is 0 Å². The van der Waals surface area contributed by atoms with Gasteiger partial charge in [-0.25, -0.2) is 9.48 Å². The zero-order valence-electron chi connectivity index (χ0n) is 17.6. The van der Waals surface area contributed by atoms with Gasteiger partial charge in [-0.05, 0) is 56.5 Å². The zero-order chi connectivity index (χ0) is 20.9. The molecule has 2 aliphatic rings. The van der Waals surface area contributed by atoms with E-state index < -0.39 is 0 Å². The standard InChI is InChI=1S/C22H31N5O2S/c1-16-7-5-6-10-19(16)20-25-27(22(30)29-20)15-26-13-11-18(12-14-26)24-21(28)23-17-8-3-2-4-9-17/h5-7,10,17-18H,2-4,8-9,11-15H2,1H3,(H2,23,24,28). The van der Waals surface area contributed by atoms with Gasteiger partial charge in [-0.3, -0.25) is 4.90 Å². The van der Waals surface area contributed by atoms with Crippen LogP contribution < -0.4 is 10.6 Å². The number of carbonyl (C=O) groups excluding carboxylic acids is 1. The molecule has 2 amide bonds. The fourth-order valence-electron chi connectivity index (χ4n) is 4.38. The number of benzene rings is 1. The highest BCUT2D eigenvalue weighted by atomic mass is 32.1. The molecular weight excluding hydrogens is 398 g/mol. The average molecular weight is 430 g/mol.